The van der Waals surface area contributed by atoms with E-state index in [0.29, 0.717) is 11.5 Å². The quantitative estimate of drug-likeness (QED) is 0.645. The average molecular weight is 189 g/mol. The third-order valence-corrected chi connectivity index (χ3v) is 3.98. The van der Waals surface area contributed by atoms with Crippen molar-refractivity contribution in [1.82, 2.24) is 5.32 Å². The highest BCUT2D eigenvalue weighted by molar-refractivity contribution is 7.91. The van der Waals surface area contributed by atoms with E-state index < -0.39 is 9.84 Å². The molecule has 1 rings (SSSR count). The lowest BCUT2D eigenvalue weighted by atomic mass is 10.0. The maximum atomic E-state index is 11.1. The zero-order valence-electron chi connectivity index (χ0n) is 7.34. The van der Waals surface area contributed by atoms with Crippen LogP contribution in [-0.2, 0) is 9.84 Å². The second-order valence-electron chi connectivity index (χ2n) is 3.29. The molecule has 1 heterocycles. The summed E-state index contributed by atoms with van der Waals surface area (Å²) in [6.07, 6.45) is 0.753. The van der Waals surface area contributed by atoms with Crippen molar-refractivity contribution >= 4 is 9.84 Å². The Hall–Kier alpha value is -0.350. The zero-order chi connectivity index (χ0) is 9.19. The van der Waals surface area contributed by atoms with Crippen molar-refractivity contribution in [3.8, 4) is 0 Å². The average Bonchev–Trinajstić information content (AvgIpc) is 2.31. The molecule has 12 heavy (non-hydrogen) atoms. The van der Waals surface area contributed by atoms with Gasteiger partial charge in [0.2, 0.25) is 0 Å². The standard InChI is InChI=1S/C8H15NO2S/c1-7(5-9-2)8-3-4-12(10,11)6-8/h8-9H,1,3-6H2,2H3. The minimum absolute atomic E-state index is 0.183. The van der Waals surface area contributed by atoms with Crippen molar-refractivity contribution in [2.45, 2.75) is 6.42 Å². The first kappa shape index (κ1) is 9.74. The summed E-state index contributed by atoms with van der Waals surface area (Å²) in [5, 5.41) is 2.98. The maximum Gasteiger partial charge on any atom is 0.150 e. The SMILES string of the molecule is C=C(CNC)C1CCS(=O)(=O)C1. The van der Waals surface area contributed by atoms with Gasteiger partial charge in [0.05, 0.1) is 11.5 Å². The Morgan fingerprint density at radius 1 is 1.67 bits per heavy atom. The fourth-order valence-electron chi connectivity index (χ4n) is 1.49. The van der Waals surface area contributed by atoms with Crippen molar-refractivity contribution in [3.63, 3.8) is 0 Å². The van der Waals surface area contributed by atoms with E-state index in [1.807, 2.05) is 7.05 Å². The van der Waals surface area contributed by atoms with Gasteiger partial charge in [0.25, 0.3) is 0 Å². The summed E-state index contributed by atoms with van der Waals surface area (Å²) in [4.78, 5) is 0. The van der Waals surface area contributed by atoms with E-state index in [2.05, 4.69) is 11.9 Å². The molecule has 1 saturated heterocycles. The highest BCUT2D eigenvalue weighted by Gasteiger charge is 2.28. The second kappa shape index (κ2) is 3.58. The van der Waals surface area contributed by atoms with Gasteiger partial charge in [-0.15, -0.1) is 0 Å². The molecule has 1 atom stereocenters. The number of sulfone groups is 1. The lowest BCUT2D eigenvalue weighted by Crippen LogP contribution is -2.17. The summed E-state index contributed by atoms with van der Waals surface area (Å²) in [5.74, 6) is 0.816. The van der Waals surface area contributed by atoms with Crippen molar-refractivity contribution < 1.29 is 8.42 Å². The molecule has 1 aliphatic heterocycles. The zero-order valence-corrected chi connectivity index (χ0v) is 8.15. The molecule has 0 aromatic rings. The van der Waals surface area contributed by atoms with E-state index in [1.54, 1.807) is 0 Å². The Bertz CT molecular complexity index is 269. The van der Waals surface area contributed by atoms with Gasteiger partial charge in [-0.25, -0.2) is 8.42 Å². The first-order chi connectivity index (χ1) is 5.55. The molecule has 4 heteroatoms. The van der Waals surface area contributed by atoms with Gasteiger partial charge in [-0.05, 0) is 19.4 Å². The number of nitrogens with one attached hydrogen (secondary N) is 1. The molecule has 3 nitrogen and oxygen atoms in total. The highest BCUT2D eigenvalue weighted by Crippen LogP contribution is 2.23. The van der Waals surface area contributed by atoms with E-state index in [1.165, 1.54) is 0 Å². The molecule has 1 aliphatic rings. The van der Waals surface area contributed by atoms with Crippen molar-refractivity contribution in [2.24, 2.45) is 5.92 Å². The fraction of sp³-hybridized carbons (Fsp3) is 0.750. The van der Waals surface area contributed by atoms with Gasteiger partial charge in [0.15, 0.2) is 9.84 Å². The number of rotatable bonds is 3. The van der Waals surface area contributed by atoms with Crippen LogP contribution in [0.4, 0.5) is 0 Å². The Morgan fingerprint density at radius 3 is 2.75 bits per heavy atom. The summed E-state index contributed by atoms with van der Waals surface area (Å²) in [7, 11) is -0.906. The van der Waals surface area contributed by atoms with Crippen LogP contribution in [0.2, 0.25) is 0 Å². The molecule has 0 radical (unpaired) electrons. The minimum Gasteiger partial charge on any atom is -0.316 e. The van der Waals surface area contributed by atoms with Gasteiger partial charge in [0, 0.05) is 6.54 Å². The van der Waals surface area contributed by atoms with Gasteiger partial charge < -0.3 is 5.32 Å². The molecule has 0 spiro atoms. The molecule has 70 valence electrons. The first-order valence-electron chi connectivity index (χ1n) is 4.08. The summed E-state index contributed by atoms with van der Waals surface area (Å²) < 4.78 is 22.2. The molecule has 1 N–H and O–H groups in total. The molecule has 0 aliphatic carbocycles. The van der Waals surface area contributed by atoms with Gasteiger partial charge in [-0.1, -0.05) is 12.2 Å². The van der Waals surface area contributed by atoms with E-state index in [4.69, 9.17) is 0 Å². The van der Waals surface area contributed by atoms with Gasteiger partial charge in [-0.2, -0.15) is 0 Å². The summed E-state index contributed by atoms with van der Waals surface area (Å²) in [6, 6.07) is 0. The molecule has 1 fully saturated rings. The van der Waals surface area contributed by atoms with E-state index in [-0.39, 0.29) is 5.92 Å². The van der Waals surface area contributed by atoms with Crippen molar-refractivity contribution in [3.05, 3.63) is 12.2 Å². The third-order valence-electron chi connectivity index (χ3n) is 2.21. The Kier molecular flexibility index (Phi) is 2.90. The van der Waals surface area contributed by atoms with Crippen LogP contribution in [0.15, 0.2) is 12.2 Å². The van der Waals surface area contributed by atoms with Crippen LogP contribution in [0.3, 0.4) is 0 Å². The van der Waals surface area contributed by atoms with Crippen LogP contribution < -0.4 is 5.32 Å². The van der Waals surface area contributed by atoms with Crippen LogP contribution in [0.5, 0.6) is 0 Å². The Balaban J connectivity index is 2.53. The molecule has 0 bridgehead atoms. The van der Waals surface area contributed by atoms with Crippen LogP contribution >= 0.6 is 0 Å². The number of likely N-dealkylation sites (N-methyl/N-ethyl adjacent to an activating group) is 1. The summed E-state index contributed by atoms with van der Waals surface area (Å²) in [5.41, 5.74) is 1.01. The normalized spacial score (nSPS) is 27.2. The van der Waals surface area contributed by atoms with Crippen molar-refractivity contribution in [2.75, 3.05) is 25.1 Å². The van der Waals surface area contributed by atoms with Crippen molar-refractivity contribution in [1.29, 1.82) is 0 Å². The fourth-order valence-corrected chi connectivity index (χ4v) is 3.31. The first-order valence-corrected chi connectivity index (χ1v) is 5.90. The molecular weight excluding hydrogens is 174 g/mol. The van der Waals surface area contributed by atoms with Crippen LogP contribution in [0.25, 0.3) is 0 Å². The Labute approximate surface area is 73.8 Å². The molecule has 0 aromatic heterocycles. The predicted octanol–water partition coefficient (Wildman–Crippen LogP) is 0.197. The molecular formula is C8H15NO2S. The summed E-state index contributed by atoms with van der Waals surface area (Å²) >= 11 is 0. The smallest absolute Gasteiger partial charge is 0.150 e. The van der Waals surface area contributed by atoms with Gasteiger partial charge in [0.1, 0.15) is 0 Å². The molecule has 1 unspecified atom stereocenters. The largest absolute Gasteiger partial charge is 0.316 e. The topological polar surface area (TPSA) is 46.2 Å². The van der Waals surface area contributed by atoms with E-state index in [0.717, 1.165) is 18.5 Å². The molecule has 0 saturated carbocycles. The third kappa shape index (κ3) is 2.32. The van der Waals surface area contributed by atoms with Crippen LogP contribution in [0.1, 0.15) is 6.42 Å². The summed E-state index contributed by atoms with van der Waals surface area (Å²) in [6.45, 7) is 4.59. The molecule has 0 aromatic carbocycles. The minimum atomic E-state index is -2.75. The predicted molar refractivity (Wildman–Crippen MR) is 49.8 cm³/mol. The van der Waals surface area contributed by atoms with Gasteiger partial charge >= 0.3 is 0 Å². The second-order valence-corrected chi connectivity index (χ2v) is 5.52. The van der Waals surface area contributed by atoms with Gasteiger partial charge in [-0.3, -0.25) is 0 Å². The monoisotopic (exact) mass is 189 g/mol. The lowest BCUT2D eigenvalue weighted by molar-refractivity contribution is 0.599. The number of hydrogen-bond acceptors (Lipinski definition) is 3. The highest BCUT2D eigenvalue weighted by atomic mass is 32.2. The number of hydrogen-bond donors (Lipinski definition) is 1. The maximum absolute atomic E-state index is 11.1. The van der Waals surface area contributed by atoms with Crippen LogP contribution in [-0.4, -0.2) is 33.5 Å². The Morgan fingerprint density at radius 2 is 2.33 bits per heavy atom. The lowest BCUT2D eigenvalue weighted by Gasteiger charge is -2.10. The molecule has 0 amide bonds. The van der Waals surface area contributed by atoms with E-state index >= 15 is 0 Å². The van der Waals surface area contributed by atoms with E-state index in [9.17, 15) is 8.42 Å². The van der Waals surface area contributed by atoms with Crippen LogP contribution in [0, 0.1) is 5.92 Å².